The fraction of sp³-hybridized carbons (Fsp3) is 0.533. The van der Waals surface area contributed by atoms with Crippen LogP contribution in [0.4, 0.5) is 10.5 Å². The zero-order valence-corrected chi connectivity index (χ0v) is 12.1. The van der Waals surface area contributed by atoms with Gasteiger partial charge in [0, 0.05) is 25.3 Å². The molecule has 2 amide bonds. The number of carbonyl (C=O) groups excluding carboxylic acids is 1. The van der Waals surface area contributed by atoms with E-state index in [1.54, 1.807) is 0 Å². The van der Waals surface area contributed by atoms with Crippen molar-refractivity contribution >= 4 is 11.7 Å². The highest BCUT2D eigenvalue weighted by Gasteiger charge is 2.17. The molecule has 1 aromatic carbocycles. The van der Waals surface area contributed by atoms with E-state index in [1.807, 2.05) is 24.3 Å². The summed E-state index contributed by atoms with van der Waals surface area (Å²) in [5, 5.41) is 5.80. The molecule has 4 N–H and O–H groups in total. The van der Waals surface area contributed by atoms with Gasteiger partial charge in [-0.2, -0.15) is 0 Å². The van der Waals surface area contributed by atoms with E-state index in [2.05, 4.69) is 22.6 Å². The van der Waals surface area contributed by atoms with Crippen molar-refractivity contribution in [3.63, 3.8) is 0 Å². The second kappa shape index (κ2) is 7.26. The fourth-order valence-corrected chi connectivity index (χ4v) is 2.63. The van der Waals surface area contributed by atoms with Crippen molar-refractivity contribution < 1.29 is 4.79 Å². The Labute approximate surface area is 120 Å². The summed E-state index contributed by atoms with van der Waals surface area (Å²) in [5.74, 6) is 0.551. The number of piperidine rings is 1. The topological polar surface area (TPSA) is 70.4 Å². The van der Waals surface area contributed by atoms with E-state index in [0.29, 0.717) is 12.5 Å². The van der Waals surface area contributed by atoms with E-state index in [1.165, 1.54) is 12.8 Å². The van der Waals surface area contributed by atoms with Crippen LogP contribution in [0.2, 0.25) is 0 Å². The first kappa shape index (κ1) is 14.8. The van der Waals surface area contributed by atoms with Gasteiger partial charge >= 0.3 is 6.03 Å². The van der Waals surface area contributed by atoms with Gasteiger partial charge in [0.1, 0.15) is 0 Å². The van der Waals surface area contributed by atoms with E-state index in [0.717, 1.165) is 30.9 Å². The predicted octanol–water partition coefficient (Wildman–Crippen LogP) is 1.61. The van der Waals surface area contributed by atoms with Crippen molar-refractivity contribution in [2.75, 3.05) is 32.0 Å². The maximum Gasteiger partial charge on any atom is 0.319 e. The number of hydrogen-bond acceptors (Lipinski definition) is 3. The molecule has 1 aliphatic rings. The molecule has 1 atom stereocenters. The van der Waals surface area contributed by atoms with Crippen LogP contribution in [-0.4, -0.2) is 37.6 Å². The lowest BCUT2D eigenvalue weighted by Gasteiger charge is -2.29. The van der Waals surface area contributed by atoms with Gasteiger partial charge in [0.25, 0.3) is 0 Å². The second-order valence-electron chi connectivity index (χ2n) is 5.51. The van der Waals surface area contributed by atoms with E-state index in [-0.39, 0.29) is 6.03 Å². The zero-order valence-electron chi connectivity index (χ0n) is 12.1. The molecule has 1 heterocycles. The highest BCUT2D eigenvalue weighted by Crippen LogP contribution is 2.14. The summed E-state index contributed by atoms with van der Waals surface area (Å²) in [6, 6.07) is 7.46. The molecule has 2 rings (SSSR count). The number of nitrogens with two attached hydrogens (primary N) is 1. The molecule has 110 valence electrons. The SMILES string of the molecule is CN1CCCC(CNC(=O)Nc2cccc(CN)c2)C1. The summed E-state index contributed by atoms with van der Waals surface area (Å²) < 4.78 is 0. The largest absolute Gasteiger partial charge is 0.338 e. The van der Waals surface area contributed by atoms with Crippen molar-refractivity contribution in [3.05, 3.63) is 29.8 Å². The lowest BCUT2D eigenvalue weighted by molar-refractivity contribution is 0.204. The molecule has 20 heavy (non-hydrogen) atoms. The van der Waals surface area contributed by atoms with Crippen molar-refractivity contribution in [1.82, 2.24) is 10.2 Å². The van der Waals surface area contributed by atoms with Crippen LogP contribution in [0.15, 0.2) is 24.3 Å². The van der Waals surface area contributed by atoms with Crippen molar-refractivity contribution in [3.8, 4) is 0 Å². The summed E-state index contributed by atoms with van der Waals surface area (Å²) in [7, 11) is 2.13. The first-order valence-corrected chi connectivity index (χ1v) is 7.20. The van der Waals surface area contributed by atoms with E-state index >= 15 is 0 Å². The second-order valence-corrected chi connectivity index (χ2v) is 5.51. The number of amides is 2. The lowest BCUT2D eigenvalue weighted by atomic mass is 9.99. The Kier molecular flexibility index (Phi) is 5.38. The minimum Gasteiger partial charge on any atom is -0.338 e. The number of nitrogens with one attached hydrogen (secondary N) is 2. The molecular weight excluding hydrogens is 252 g/mol. The highest BCUT2D eigenvalue weighted by atomic mass is 16.2. The van der Waals surface area contributed by atoms with Gasteiger partial charge in [-0.3, -0.25) is 0 Å². The van der Waals surface area contributed by atoms with Gasteiger partial charge in [-0.15, -0.1) is 0 Å². The van der Waals surface area contributed by atoms with Gasteiger partial charge in [0.05, 0.1) is 0 Å². The van der Waals surface area contributed by atoms with Crippen molar-refractivity contribution in [2.45, 2.75) is 19.4 Å². The molecule has 0 radical (unpaired) electrons. The third-order valence-corrected chi connectivity index (χ3v) is 3.69. The zero-order chi connectivity index (χ0) is 14.4. The molecule has 5 heteroatoms. The van der Waals surface area contributed by atoms with Gasteiger partial charge in [0.15, 0.2) is 0 Å². The molecule has 0 spiro atoms. The van der Waals surface area contributed by atoms with E-state index < -0.39 is 0 Å². The Hall–Kier alpha value is -1.59. The monoisotopic (exact) mass is 276 g/mol. The molecule has 1 aliphatic heterocycles. The average molecular weight is 276 g/mol. The number of rotatable bonds is 4. The van der Waals surface area contributed by atoms with Crippen LogP contribution < -0.4 is 16.4 Å². The van der Waals surface area contributed by atoms with Crippen molar-refractivity contribution in [2.24, 2.45) is 11.7 Å². The van der Waals surface area contributed by atoms with Crippen LogP contribution in [0.3, 0.4) is 0 Å². The minimum absolute atomic E-state index is 0.146. The number of urea groups is 1. The molecule has 0 aliphatic carbocycles. The molecule has 5 nitrogen and oxygen atoms in total. The number of likely N-dealkylation sites (tertiary alicyclic amines) is 1. The summed E-state index contributed by atoms with van der Waals surface area (Å²) in [6.07, 6.45) is 2.40. The van der Waals surface area contributed by atoms with E-state index in [9.17, 15) is 4.79 Å². The van der Waals surface area contributed by atoms with Gasteiger partial charge in [-0.25, -0.2) is 4.79 Å². The van der Waals surface area contributed by atoms with Crippen LogP contribution in [0, 0.1) is 5.92 Å². The molecule has 1 fully saturated rings. The average Bonchev–Trinajstić information content (AvgIpc) is 2.45. The van der Waals surface area contributed by atoms with Crippen LogP contribution in [0.5, 0.6) is 0 Å². The number of nitrogens with zero attached hydrogens (tertiary/aromatic N) is 1. The van der Waals surface area contributed by atoms with Crippen LogP contribution in [0.25, 0.3) is 0 Å². The number of hydrogen-bond donors (Lipinski definition) is 3. The van der Waals surface area contributed by atoms with Gasteiger partial charge in [-0.1, -0.05) is 12.1 Å². The predicted molar refractivity (Wildman–Crippen MR) is 81.6 cm³/mol. The first-order valence-electron chi connectivity index (χ1n) is 7.20. The Morgan fingerprint density at radius 2 is 2.35 bits per heavy atom. The molecule has 1 aromatic rings. The standard InChI is InChI=1S/C15H24N4O/c1-19-7-3-5-13(11-19)10-17-15(20)18-14-6-2-4-12(8-14)9-16/h2,4,6,8,13H,3,5,7,9-11,16H2,1H3,(H2,17,18,20). The van der Waals surface area contributed by atoms with Gasteiger partial charge < -0.3 is 21.3 Å². The van der Waals surface area contributed by atoms with Crippen LogP contribution in [0.1, 0.15) is 18.4 Å². The Balaban J connectivity index is 1.77. The smallest absolute Gasteiger partial charge is 0.319 e. The number of benzene rings is 1. The van der Waals surface area contributed by atoms with Crippen LogP contribution in [-0.2, 0) is 6.54 Å². The maximum absolute atomic E-state index is 11.9. The summed E-state index contributed by atoms with van der Waals surface area (Å²) in [4.78, 5) is 14.2. The summed E-state index contributed by atoms with van der Waals surface area (Å²) in [6.45, 7) is 3.43. The maximum atomic E-state index is 11.9. The third kappa shape index (κ3) is 4.51. The van der Waals surface area contributed by atoms with Gasteiger partial charge in [0.2, 0.25) is 0 Å². The summed E-state index contributed by atoms with van der Waals surface area (Å²) in [5.41, 5.74) is 7.38. The molecular formula is C15H24N4O. The molecule has 1 saturated heterocycles. The highest BCUT2D eigenvalue weighted by molar-refractivity contribution is 5.89. The molecule has 0 bridgehead atoms. The first-order chi connectivity index (χ1) is 9.67. The molecule has 1 unspecified atom stereocenters. The lowest BCUT2D eigenvalue weighted by Crippen LogP contribution is -2.40. The van der Waals surface area contributed by atoms with Gasteiger partial charge in [-0.05, 0) is 50.0 Å². The Bertz CT molecular complexity index is 449. The number of anilines is 1. The summed E-state index contributed by atoms with van der Waals surface area (Å²) >= 11 is 0. The third-order valence-electron chi connectivity index (χ3n) is 3.69. The van der Waals surface area contributed by atoms with Crippen LogP contribution >= 0.6 is 0 Å². The Morgan fingerprint density at radius 1 is 1.50 bits per heavy atom. The fourth-order valence-electron chi connectivity index (χ4n) is 2.63. The molecule has 0 saturated carbocycles. The quantitative estimate of drug-likeness (QED) is 0.782. The van der Waals surface area contributed by atoms with Crippen molar-refractivity contribution in [1.29, 1.82) is 0 Å². The normalized spacial score (nSPS) is 19.6. The van der Waals surface area contributed by atoms with E-state index in [4.69, 9.17) is 5.73 Å². The Morgan fingerprint density at radius 3 is 3.10 bits per heavy atom. The minimum atomic E-state index is -0.146. The molecule has 0 aromatic heterocycles. The number of carbonyl (C=O) groups is 1.